The molecule has 0 aliphatic carbocycles. The third-order valence-electron chi connectivity index (χ3n) is 3.66. The maximum absolute atomic E-state index is 2.66. The Hall–Kier alpha value is 0.0649. The first-order valence-electron chi connectivity index (χ1n) is 6.35. The normalized spacial score (nSPS) is 32.0. The van der Waals surface area contributed by atoms with E-state index in [1.54, 1.807) is 0 Å². The molecular weight excluding hydrogens is 167 g/mol. The largest absolute Gasteiger partial charge is 0.125 e. The van der Waals surface area contributed by atoms with E-state index in [4.69, 9.17) is 0 Å². The van der Waals surface area contributed by atoms with Crippen molar-refractivity contribution in [2.75, 3.05) is 0 Å². The first-order chi connectivity index (χ1) is 6.47. The van der Waals surface area contributed by atoms with Crippen LogP contribution in [0.1, 0.15) is 72.6 Å². The molecule has 0 aromatic rings. The molecule has 1 heterocycles. The molecule has 0 spiro atoms. The van der Waals surface area contributed by atoms with Crippen LogP contribution < -0.4 is 0 Å². The quantitative estimate of drug-likeness (QED) is 0.563. The highest BCUT2D eigenvalue weighted by molar-refractivity contribution is 6.44. The van der Waals surface area contributed by atoms with Crippen molar-refractivity contribution in [3.63, 3.8) is 0 Å². The first-order valence-corrected chi connectivity index (χ1v) is 6.35. The van der Waals surface area contributed by atoms with Crippen molar-refractivity contribution < 1.29 is 0 Å². The number of hydrogen-bond acceptors (Lipinski definition) is 0. The molecule has 0 aromatic heterocycles. The summed E-state index contributed by atoms with van der Waals surface area (Å²) in [7, 11) is 2.66. The van der Waals surface area contributed by atoms with E-state index < -0.39 is 0 Å². The van der Waals surface area contributed by atoms with Crippen molar-refractivity contribution in [2.45, 2.75) is 83.3 Å². The average Bonchev–Trinajstić information content (AvgIpc) is 2.21. The van der Waals surface area contributed by atoms with Gasteiger partial charge in [0.15, 0.2) is 0 Å². The van der Waals surface area contributed by atoms with E-state index in [1.165, 1.54) is 44.9 Å². The van der Waals surface area contributed by atoms with Crippen LogP contribution in [0.3, 0.4) is 0 Å². The Bertz CT molecular complexity index is 174. The molecule has 1 heteroatoms. The molecule has 1 aliphatic rings. The summed E-state index contributed by atoms with van der Waals surface area (Å²) in [5, 5.41) is 0.995. The Morgan fingerprint density at radius 2 is 1.71 bits per heavy atom. The highest BCUT2D eigenvalue weighted by Gasteiger charge is 2.34. The molecule has 0 N–H and O–H groups in total. The Kier molecular flexibility index (Phi) is 4.09. The van der Waals surface area contributed by atoms with Crippen molar-refractivity contribution >= 4 is 7.28 Å². The second kappa shape index (κ2) is 4.72. The average molecular weight is 193 g/mol. The lowest BCUT2D eigenvalue weighted by atomic mass is 9.38. The lowest BCUT2D eigenvalue weighted by molar-refractivity contribution is 0.476. The molecular formula is C13H26B. The summed E-state index contributed by atoms with van der Waals surface area (Å²) in [5.74, 6) is 0. The molecule has 1 aliphatic heterocycles. The lowest BCUT2D eigenvalue weighted by Gasteiger charge is -2.34. The second-order valence-electron chi connectivity index (χ2n) is 6.10. The minimum absolute atomic E-state index is 0.471. The Morgan fingerprint density at radius 1 is 1.07 bits per heavy atom. The Balaban J connectivity index is 2.56. The van der Waals surface area contributed by atoms with Crippen molar-refractivity contribution in [1.29, 1.82) is 0 Å². The van der Waals surface area contributed by atoms with E-state index in [9.17, 15) is 0 Å². The van der Waals surface area contributed by atoms with Crippen LogP contribution in [-0.4, -0.2) is 7.28 Å². The van der Waals surface area contributed by atoms with Crippen LogP contribution in [0.4, 0.5) is 0 Å². The SMILES string of the molecule is CCCCC1(C)[B]C(C)(C)CCCC1. The lowest BCUT2D eigenvalue weighted by Crippen LogP contribution is -2.24. The van der Waals surface area contributed by atoms with E-state index in [0.29, 0.717) is 10.6 Å². The second-order valence-corrected chi connectivity index (χ2v) is 6.10. The zero-order chi connectivity index (χ0) is 10.7. The van der Waals surface area contributed by atoms with Gasteiger partial charge in [-0.1, -0.05) is 83.3 Å². The van der Waals surface area contributed by atoms with Gasteiger partial charge in [0, 0.05) is 0 Å². The third-order valence-corrected chi connectivity index (χ3v) is 3.66. The van der Waals surface area contributed by atoms with Crippen LogP contribution >= 0.6 is 0 Å². The molecule has 0 amide bonds. The van der Waals surface area contributed by atoms with Gasteiger partial charge in [0.2, 0.25) is 0 Å². The summed E-state index contributed by atoms with van der Waals surface area (Å²) in [6, 6.07) is 0. The number of hydrogen-bond donors (Lipinski definition) is 0. The smallest absolute Gasteiger partial charge is 0.0671 e. The van der Waals surface area contributed by atoms with Gasteiger partial charge in [-0.2, -0.15) is 0 Å². The fourth-order valence-corrected chi connectivity index (χ4v) is 2.97. The summed E-state index contributed by atoms with van der Waals surface area (Å²) >= 11 is 0. The van der Waals surface area contributed by atoms with Crippen LogP contribution in [0.15, 0.2) is 0 Å². The van der Waals surface area contributed by atoms with Gasteiger partial charge in [0.25, 0.3) is 0 Å². The van der Waals surface area contributed by atoms with Gasteiger partial charge in [-0.05, 0) is 0 Å². The fourth-order valence-electron chi connectivity index (χ4n) is 2.97. The Morgan fingerprint density at radius 3 is 2.36 bits per heavy atom. The van der Waals surface area contributed by atoms with E-state index in [-0.39, 0.29) is 0 Å². The summed E-state index contributed by atoms with van der Waals surface area (Å²) in [5.41, 5.74) is 0. The predicted molar refractivity (Wildman–Crippen MR) is 66.2 cm³/mol. The topological polar surface area (TPSA) is 0 Å². The Labute approximate surface area is 91.1 Å². The molecule has 14 heavy (non-hydrogen) atoms. The highest BCUT2D eigenvalue weighted by atomic mass is 14.3. The van der Waals surface area contributed by atoms with Gasteiger partial charge in [-0.3, -0.25) is 0 Å². The van der Waals surface area contributed by atoms with Crippen molar-refractivity contribution in [1.82, 2.24) is 0 Å². The first kappa shape index (κ1) is 12.1. The molecule has 1 saturated heterocycles. The minimum atomic E-state index is 0.471. The van der Waals surface area contributed by atoms with Gasteiger partial charge >= 0.3 is 0 Å². The molecule has 1 atom stereocenters. The molecule has 1 unspecified atom stereocenters. The summed E-state index contributed by atoms with van der Waals surface area (Å²) < 4.78 is 0. The van der Waals surface area contributed by atoms with Crippen LogP contribution in [0.5, 0.6) is 0 Å². The molecule has 0 aromatic carbocycles. The molecule has 81 valence electrons. The van der Waals surface area contributed by atoms with Gasteiger partial charge in [0.05, 0.1) is 0 Å². The molecule has 0 nitrogen and oxygen atoms in total. The maximum Gasteiger partial charge on any atom is 0.125 e. The summed E-state index contributed by atoms with van der Waals surface area (Å²) in [6.45, 7) is 9.58. The van der Waals surface area contributed by atoms with Gasteiger partial charge in [-0.15, -0.1) is 0 Å². The summed E-state index contributed by atoms with van der Waals surface area (Å²) in [4.78, 5) is 0. The predicted octanol–water partition coefficient (Wildman–Crippen LogP) is 4.83. The van der Waals surface area contributed by atoms with Crippen LogP contribution in [0.2, 0.25) is 10.6 Å². The van der Waals surface area contributed by atoms with E-state index >= 15 is 0 Å². The minimum Gasteiger partial charge on any atom is -0.0671 e. The standard InChI is InChI=1S/C13H26B/c1-5-6-10-13(4)11-8-7-9-12(2,3)14-13/h5-11H2,1-4H3. The van der Waals surface area contributed by atoms with Crippen molar-refractivity contribution in [3.05, 3.63) is 0 Å². The van der Waals surface area contributed by atoms with Crippen molar-refractivity contribution in [3.8, 4) is 0 Å². The van der Waals surface area contributed by atoms with Crippen LogP contribution in [-0.2, 0) is 0 Å². The van der Waals surface area contributed by atoms with E-state index in [0.717, 1.165) is 0 Å². The number of rotatable bonds is 3. The zero-order valence-electron chi connectivity index (χ0n) is 10.5. The molecule has 1 radical (unpaired) electrons. The maximum atomic E-state index is 2.66. The van der Waals surface area contributed by atoms with E-state index in [1.807, 2.05) is 0 Å². The van der Waals surface area contributed by atoms with E-state index in [2.05, 4.69) is 35.0 Å². The van der Waals surface area contributed by atoms with Gasteiger partial charge < -0.3 is 0 Å². The van der Waals surface area contributed by atoms with Gasteiger partial charge in [0.1, 0.15) is 7.28 Å². The molecule has 1 rings (SSSR count). The van der Waals surface area contributed by atoms with Crippen LogP contribution in [0.25, 0.3) is 0 Å². The zero-order valence-corrected chi connectivity index (χ0v) is 10.5. The van der Waals surface area contributed by atoms with Crippen LogP contribution in [0, 0.1) is 0 Å². The molecule has 0 saturated carbocycles. The molecule has 1 fully saturated rings. The summed E-state index contributed by atoms with van der Waals surface area (Å²) in [6.07, 6.45) is 9.77. The monoisotopic (exact) mass is 193 g/mol. The van der Waals surface area contributed by atoms with Gasteiger partial charge in [-0.25, -0.2) is 0 Å². The third kappa shape index (κ3) is 3.67. The fraction of sp³-hybridized carbons (Fsp3) is 1.00. The number of unbranched alkanes of at least 4 members (excludes halogenated alkanes) is 1. The van der Waals surface area contributed by atoms with Crippen molar-refractivity contribution in [2.24, 2.45) is 0 Å². The molecule has 0 bridgehead atoms. The highest BCUT2D eigenvalue weighted by Crippen LogP contribution is 2.48.